The van der Waals surface area contributed by atoms with Crippen molar-refractivity contribution in [2.24, 2.45) is 11.8 Å². The minimum Gasteiger partial charge on any atom is -0.543 e. The van der Waals surface area contributed by atoms with Gasteiger partial charge in [0, 0.05) is 17.0 Å². The molecule has 0 bridgehead atoms. The zero-order chi connectivity index (χ0) is 17.9. The van der Waals surface area contributed by atoms with E-state index in [4.69, 9.17) is 0 Å². The average Bonchev–Trinajstić information content (AvgIpc) is 3.05. The second kappa shape index (κ2) is 7.17. The van der Waals surface area contributed by atoms with Gasteiger partial charge in [0.1, 0.15) is 6.33 Å². The van der Waals surface area contributed by atoms with E-state index < -0.39 is 18.0 Å². The Labute approximate surface area is 179 Å². The molecule has 1 amide bonds. The van der Waals surface area contributed by atoms with Gasteiger partial charge in [0.25, 0.3) is 0 Å². The summed E-state index contributed by atoms with van der Waals surface area (Å²) in [5, 5.41) is 21.5. The zero-order valence-electron chi connectivity index (χ0n) is 14.2. The number of fused-ring (bicyclic) bond motifs is 2. The van der Waals surface area contributed by atoms with Crippen molar-refractivity contribution in [3.8, 4) is 0 Å². The monoisotopic (exact) mass is 400 g/mol. The maximum Gasteiger partial charge on any atom is 1.00 e. The molecular formula is C15H13N4NaO4S2. The number of aromatic nitrogens is 3. The predicted molar refractivity (Wildman–Crippen MR) is 88.1 cm³/mol. The molecule has 4 atom stereocenters. The van der Waals surface area contributed by atoms with Gasteiger partial charge >= 0.3 is 29.6 Å². The minimum atomic E-state index is -1.39. The average molecular weight is 400 g/mol. The molecule has 1 N–H and O–H groups in total. The van der Waals surface area contributed by atoms with E-state index in [1.54, 1.807) is 13.1 Å². The van der Waals surface area contributed by atoms with Gasteiger partial charge in [-0.2, -0.15) is 0 Å². The molecule has 2 aromatic heterocycles. The van der Waals surface area contributed by atoms with E-state index in [1.165, 1.54) is 34.3 Å². The summed E-state index contributed by atoms with van der Waals surface area (Å²) in [6, 6.07) is -0.364. The number of thiazole rings is 1. The van der Waals surface area contributed by atoms with E-state index in [0.717, 1.165) is 4.70 Å². The second-order valence-electron chi connectivity index (χ2n) is 6.05. The molecule has 0 aromatic carbocycles. The maximum absolute atomic E-state index is 12.3. The van der Waals surface area contributed by atoms with Crippen LogP contribution in [0.1, 0.15) is 13.8 Å². The summed E-state index contributed by atoms with van der Waals surface area (Å²) in [4.78, 5) is 38.1. The Morgan fingerprint density at radius 1 is 1.50 bits per heavy atom. The quantitative estimate of drug-likeness (QED) is 0.426. The van der Waals surface area contributed by atoms with Crippen LogP contribution in [0.5, 0.6) is 0 Å². The molecule has 2 aliphatic rings. The fourth-order valence-corrected chi connectivity index (χ4v) is 5.71. The number of aliphatic hydroxyl groups is 1. The number of aliphatic hydroxyl groups excluding tert-OH is 1. The fraction of sp³-hybridized carbons (Fsp3) is 0.400. The van der Waals surface area contributed by atoms with Crippen molar-refractivity contribution in [3.05, 3.63) is 23.1 Å². The number of hydrogen-bond acceptors (Lipinski definition) is 9. The molecule has 8 nitrogen and oxygen atoms in total. The molecule has 11 heteroatoms. The van der Waals surface area contributed by atoms with E-state index in [-0.39, 0.29) is 53.1 Å². The summed E-state index contributed by atoms with van der Waals surface area (Å²) < 4.78 is 1.42. The van der Waals surface area contributed by atoms with Crippen LogP contribution in [0.25, 0.3) is 10.3 Å². The maximum atomic E-state index is 12.3. The smallest absolute Gasteiger partial charge is 0.543 e. The van der Waals surface area contributed by atoms with Crippen molar-refractivity contribution in [3.63, 3.8) is 0 Å². The number of rotatable bonds is 4. The number of carbonyl (C=O) groups is 2. The number of hydrogen-bond donors (Lipinski definition) is 1. The van der Waals surface area contributed by atoms with Gasteiger partial charge in [-0.05, 0) is 6.92 Å². The number of β-lactam (4-membered cyclic amide) rings is 1. The molecule has 4 heterocycles. The van der Waals surface area contributed by atoms with Crippen LogP contribution in [0.4, 0.5) is 0 Å². The van der Waals surface area contributed by atoms with Crippen LogP contribution in [0.15, 0.2) is 27.5 Å². The minimum absolute atomic E-state index is 0. The Kier molecular flexibility index (Phi) is 5.44. The number of nitrogens with zero attached hydrogens (tertiary/aromatic N) is 4. The van der Waals surface area contributed by atoms with Gasteiger partial charge in [0.15, 0.2) is 9.99 Å². The van der Waals surface area contributed by atoms with Crippen molar-refractivity contribution in [1.82, 2.24) is 19.9 Å². The van der Waals surface area contributed by atoms with E-state index in [2.05, 4.69) is 15.0 Å². The van der Waals surface area contributed by atoms with Gasteiger partial charge in [-0.3, -0.25) is 4.79 Å². The van der Waals surface area contributed by atoms with Gasteiger partial charge in [0.2, 0.25) is 5.91 Å². The van der Waals surface area contributed by atoms with Crippen LogP contribution in [0.2, 0.25) is 0 Å². The molecule has 130 valence electrons. The Morgan fingerprint density at radius 2 is 2.23 bits per heavy atom. The molecule has 0 saturated carbocycles. The molecule has 4 unspecified atom stereocenters. The third-order valence-corrected chi connectivity index (χ3v) is 6.88. The number of carboxylic acid groups (broad SMARTS) is 1. The number of carbonyl (C=O) groups excluding carboxylic acids is 2. The van der Waals surface area contributed by atoms with Crippen molar-refractivity contribution < 1.29 is 49.4 Å². The van der Waals surface area contributed by atoms with Crippen LogP contribution in [0.3, 0.4) is 0 Å². The van der Waals surface area contributed by atoms with Gasteiger partial charge < -0.3 is 19.9 Å². The summed E-state index contributed by atoms with van der Waals surface area (Å²) in [6.45, 7) is 3.40. The van der Waals surface area contributed by atoms with Crippen LogP contribution >= 0.6 is 23.1 Å². The summed E-state index contributed by atoms with van der Waals surface area (Å²) in [7, 11) is 0. The molecule has 2 aliphatic heterocycles. The first-order valence-electron chi connectivity index (χ1n) is 7.61. The Bertz CT molecular complexity index is 898. The Balaban J connectivity index is 0.00000196. The zero-order valence-corrected chi connectivity index (χ0v) is 17.9. The largest absolute Gasteiger partial charge is 1.00 e. The van der Waals surface area contributed by atoms with E-state index in [0.29, 0.717) is 14.9 Å². The summed E-state index contributed by atoms with van der Waals surface area (Å²) in [5.41, 5.74) is 0.430. The van der Waals surface area contributed by atoms with Gasteiger partial charge in [-0.25, -0.2) is 15.0 Å². The second-order valence-corrected chi connectivity index (χ2v) is 8.37. The topological polar surface area (TPSA) is 119 Å². The number of carboxylic acids is 1. The molecule has 0 spiro atoms. The van der Waals surface area contributed by atoms with E-state index in [9.17, 15) is 19.8 Å². The number of amides is 1. The molecule has 1 fully saturated rings. The van der Waals surface area contributed by atoms with Crippen LogP contribution in [0, 0.1) is 11.8 Å². The molecule has 26 heavy (non-hydrogen) atoms. The van der Waals surface area contributed by atoms with Crippen molar-refractivity contribution in [1.29, 1.82) is 0 Å². The predicted octanol–water partition coefficient (Wildman–Crippen LogP) is -3.00. The van der Waals surface area contributed by atoms with Gasteiger partial charge in [0.05, 0.1) is 34.4 Å². The normalized spacial score (nSPS) is 25.7. The molecule has 2 aromatic rings. The first-order chi connectivity index (χ1) is 11.9. The number of thioether (sulfide) groups is 1. The summed E-state index contributed by atoms with van der Waals surface area (Å²) >= 11 is 2.56. The van der Waals surface area contributed by atoms with Crippen molar-refractivity contribution >= 4 is 45.3 Å². The third kappa shape index (κ3) is 2.88. The Morgan fingerprint density at radius 3 is 2.85 bits per heavy atom. The molecule has 4 rings (SSSR count). The van der Waals surface area contributed by atoms with Crippen molar-refractivity contribution in [2.75, 3.05) is 0 Å². The first-order valence-corrected chi connectivity index (χ1v) is 9.24. The SMILES string of the molecule is CC(O)C1C(=O)N2C(C(=O)[O-])=C(Sc3nc4ncncc4s3)C(C)C12.[Na+]. The molecular weight excluding hydrogens is 387 g/mol. The van der Waals surface area contributed by atoms with Gasteiger partial charge in [-0.1, -0.05) is 18.7 Å². The standard InChI is InChI=1S/C15H14N4O4S2.Na/c1-5-9-8(6(2)20)13(21)19(9)10(14(22)23)11(5)25-15-18-12-7(24-15)3-16-4-17-12;/h3-6,8-9,20H,1-2H3,(H,22,23);/q;+1/p-1. The fourth-order valence-electron chi connectivity index (χ4n) is 3.45. The summed E-state index contributed by atoms with van der Waals surface area (Å²) in [5.74, 6) is -2.59. The van der Waals surface area contributed by atoms with E-state index in [1.807, 2.05) is 6.92 Å². The first kappa shape index (κ1) is 19.7. The van der Waals surface area contributed by atoms with Crippen molar-refractivity contribution in [2.45, 2.75) is 30.3 Å². The van der Waals surface area contributed by atoms with Gasteiger partial charge in [-0.15, -0.1) is 11.3 Å². The summed E-state index contributed by atoms with van der Waals surface area (Å²) in [6.07, 6.45) is 2.22. The number of aliphatic carboxylic acids is 1. The molecule has 0 aliphatic carbocycles. The van der Waals surface area contributed by atoms with Crippen LogP contribution in [-0.2, 0) is 9.59 Å². The van der Waals surface area contributed by atoms with Crippen LogP contribution in [-0.4, -0.2) is 49.0 Å². The molecule has 1 saturated heterocycles. The Hall–Kier alpha value is -1.04. The molecule has 0 radical (unpaired) electrons. The third-order valence-electron chi connectivity index (χ3n) is 4.55. The van der Waals surface area contributed by atoms with E-state index >= 15 is 0 Å². The van der Waals surface area contributed by atoms with Crippen LogP contribution < -0.4 is 34.7 Å².